The Morgan fingerprint density at radius 3 is 2.41 bits per heavy atom. The lowest BCUT2D eigenvalue weighted by molar-refractivity contribution is -0.132. The number of benzene rings is 3. The average Bonchev–Trinajstić information content (AvgIpc) is 3.53. The number of carbonyl (C=O) groups excluding carboxylic acids is 2. The third kappa shape index (κ3) is 5.55. The predicted octanol–water partition coefficient (Wildman–Crippen LogP) is 5.60. The highest BCUT2D eigenvalue weighted by Crippen LogP contribution is 2.38. The number of nitrogens with zero attached hydrogens (tertiary/aromatic N) is 4. The van der Waals surface area contributed by atoms with Gasteiger partial charge in [-0.05, 0) is 49.7 Å². The van der Waals surface area contributed by atoms with E-state index in [1.807, 2.05) is 43.0 Å². The summed E-state index contributed by atoms with van der Waals surface area (Å²) < 4.78 is 27.8. The highest BCUT2D eigenvalue weighted by Gasteiger charge is 2.46. The second kappa shape index (κ2) is 10.9. The van der Waals surface area contributed by atoms with E-state index in [1.165, 1.54) is 30.0 Å². The van der Waals surface area contributed by atoms with Crippen LogP contribution < -0.4 is 0 Å². The molecule has 9 heteroatoms. The van der Waals surface area contributed by atoms with Crippen LogP contribution in [0.2, 0.25) is 0 Å². The summed E-state index contributed by atoms with van der Waals surface area (Å²) in [6, 6.07) is 18.7. The Kier molecular flexibility index (Phi) is 7.23. The fraction of sp³-hybridized carbons (Fsp3) is 0.312. The fourth-order valence-corrected chi connectivity index (χ4v) is 7.13. The minimum Gasteiger partial charge on any atom is -0.341 e. The molecule has 41 heavy (non-hydrogen) atoms. The van der Waals surface area contributed by atoms with Crippen LogP contribution in [-0.2, 0) is 11.2 Å². The van der Waals surface area contributed by atoms with Crippen molar-refractivity contribution in [3.05, 3.63) is 101 Å². The maximum atomic E-state index is 14.9. The lowest BCUT2D eigenvalue weighted by Gasteiger charge is -2.30. The first-order valence-corrected chi connectivity index (χ1v) is 14.5. The Bertz CT molecular complexity index is 1630. The van der Waals surface area contributed by atoms with Crippen LogP contribution in [-0.4, -0.2) is 62.7 Å². The van der Waals surface area contributed by atoms with Crippen molar-refractivity contribution >= 4 is 34.3 Å². The first-order valence-electron chi connectivity index (χ1n) is 13.7. The van der Waals surface area contributed by atoms with Crippen molar-refractivity contribution < 1.29 is 18.4 Å². The van der Waals surface area contributed by atoms with Crippen molar-refractivity contribution in [2.24, 2.45) is 11.8 Å². The molecule has 0 radical (unpaired) electrons. The molecule has 3 aromatic carbocycles. The predicted molar refractivity (Wildman–Crippen MR) is 155 cm³/mol. The normalized spacial score (nSPS) is 18.6. The molecule has 2 aliphatic rings. The van der Waals surface area contributed by atoms with Gasteiger partial charge in [0.2, 0.25) is 5.91 Å². The maximum Gasteiger partial charge on any atom is 0.256 e. The number of fused-ring (bicyclic) bond motifs is 2. The summed E-state index contributed by atoms with van der Waals surface area (Å²) in [5.74, 6) is -0.947. The van der Waals surface area contributed by atoms with Gasteiger partial charge in [0.25, 0.3) is 5.91 Å². The van der Waals surface area contributed by atoms with Gasteiger partial charge in [-0.25, -0.2) is 8.78 Å². The van der Waals surface area contributed by atoms with E-state index in [0.29, 0.717) is 37.5 Å². The number of halogens is 2. The summed E-state index contributed by atoms with van der Waals surface area (Å²) in [6.45, 7) is 5.75. The molecule has 3 heterocycles. The molecule has 6 nitrogen and oxygen atoms in total. The monoisotopic (exact) mass is 572 g/mol. The third-order valence-electron chi connectivity index (χ3n) is 8.02. The smallest absolute Gasteiger partial charge is 0.256 e. The molecule has 2 atom stereocenters. The van der Waals surface area contributed by atoms with Gasteiger partial charge in [-0.15, -0.1) is 11.8 Å². The topological polar surface area (TPSA) is 66.4 Å². The van der Waals surface area contributed by atoms with E-state index in [1.54, 1.807) is 35.4 Å². The number of carbonyl (C=O) groups is 2. The number of hydrogen-bond donors (Lipinski definition) is 0. The van der Waals surface area contributed by atoms with Crippen LogP contribution in [0.4, 0.5) is 8.78 Å². The van der Waals surface area contributed by atoms with Gasteiger partial charge in [0.05, 0.1) is 22.2 Å². The molecular weight excluding hydrogens is 542 g/mol. The second-order valence-corrected chi connectivity index (χ2v) is 13.1. The first kappa shape index (κ1) is 27.3. The zero-order chi connectivity index (χ0) is 28.7. The van der Waals surface area contributed by atoms with E-state index in [2.05, 4.69) is 10.2 Å². The molecule has 0 aliphatic carbocycles. The maximum absolute atomic E-state index is 14.9. The van der Waals surface area contributed by atoms with Crippen LogP contribution in [0, 0.1) is 23.5 Å². The molecule has 0 saturated carbocycles. The largest absolute Gasteiger partial charge is 0.341 e. The Hall–Kier alpha value is -3.85. The summed E-state index contributed by atoms with van der Waals surface area (Å²) in [7, 11) is 0. The van der Waals surface area contributed by atoms with Crippen LogP contribution in [0.3, 0.4) is 0 Å². The zero-order valence-electron chi connectivity index (χ0n) is 22.9. The molecule has 6 rings (SSSR count). The number of rotatable bonds is 6. The van der Waals surface area contributed by atoms with Crippen molar-refractivity contribution in [1.29, 1.82) is 0 Å². The third-order valence-corrected chi connectivity index (χ3v) is 9.20. The van der Waals surface area contributed by atoms with Crippen molar-refractivity contribution in [3.8, 4) is 0 Å². The summed E-state index contributed by atoms with van der Waals surface area (Å²) in [5, 5.41) is 10.3. The van der Waals surface area contributed by atoms with Gasteiger partial charge in [0.15, 0.2) is 0 Å². The molecule has 2 fully saturated rings. The minimum atomic E-state index is -0.764. The Labute approximate surface area is 241 Å². The van der Waals surface area contributed by atoms with Crippen LogP contribution in [0.5, 0.6) is 0 Å². The van der Waals surface area contributed by atoms with Crippen molar-refractivity contribution in [2.45, 2.75) is 29.9 Å². The SMILES string of the molecule is CC(C)(Sc1cccc(F)c1)C(=O)N1CC2CN(C(=O)c3cc(Cc4nncc5ccccc45)ccc3F)CC2C1. The van der Waals surface area contributed by atoms with E-state index in [9.17, 15) is 18.4 Å². The molecule has 4 aromatic rings. The first-order chi connectivity index (χ1) is 19.7. The lowest BCUT2D eigenvalue weighted by Crippen LogP contribution is -2.43. The van der Waals surface area contributed by atoms with Gasteiger partial charge >= 0.3 is 0 Å². The minimum absolute atomic E-state index is 0.00526. The molecule has 2 amide bonds. The molecule has 1 aromatic heterocycles. The van der Waals surface area contributed by atoms with Crippen molar-refractivity contribution in [2.75, 3.05) is 26.2 Å². The molecule has 2 unspecified atom stereocenters. The lowest BCUT2D eigenvalue weighted by atomic mass is 10.0. The summed E-state index contributed by atoms with van der Waals surface area (Å²) in [6.07, 6.45) is 2.14. The summed E-state index contributed by atoms with van der Waals surface area (Å²) in [4.78, 5) is 31.1. The van der Waals surface area contributed by atoms with Gasteiger partial charge in [-0.1, -0.05) is 36.4 Å². The Morgan fingerprint density at radius 1 is 0.927 bits per heavy atom. The average molecular weight is 573 g/mol. The van der Waals surface area contributed by atoms with Crippen LogP contribution in [0.1, 0.15) is 35.5 Å². The van der Waals surface area contributed by atoms with Gasteiger partial charge in [0, 0.05) is 60.1 Å². The second-order valence-electron chi connectivity index (χ2n) is 11.4. The molecular formula is C32H30F2N4O2S. The van der Waals surface area contributed by atoms with E-state index < -0.39 is 10.6 Å². The van der Waals surface area contributed by atoms with E-state index in [0.717, 1.165) is 22.0 Å². The summed E-state index contributed by atoms with van der Waals surface area (Å²) >= 11 is 1.34. The van der Waals surface area contributed by atoms with E-state index in [-0.39, 0.29) is 35.0 Å². The highest BCUT2D eigenvalue weighted by atomic mass is 32.2. The van der Waals surface area contributed by atoms with Crippen molar-refractivity contribution in [3.63, 3.8) is 0 Å². The van der Waals surface area contributed by atoms with E-state index in [4.69, 9.17) is 0 Å². The van der Waals surface area contributed by atoms with Gasteiger partial charge in [-0.2, -0.15) is 10.2 Å². The highest BCUT2D eigenvalue weighted by molar-refractivity contribution is 8.01. The van der Waals surface area contributed by atoms with Crippen LogP contribution in [0.25, 0.3) is 10.8 Å². The number of likely N-dealkylation sites (tertiary alicyclic amines) is 2. The number of thioether (sulfide) groups is 1. The molecule has 2 saturated heterocycles. The number of hydrogen-bond acceptors (Lipinski definition) is 5. The molecule has 2 aliphatic heterocycles. The summed E-state index contributed by atoms with van der Waals surface area (Å²) in [5.41, 5.74) is 1.61. The zero-order valence-corrected chi connectivity index (χ0v) is 23.7. The number of amides is 2. The van der Waals surface area contributed by atoms with Gasteiger partial charge in [-0.3, -0.25) is 9.59 Å². The standard InChI is InChI=1S/C32H30F2N4O2S/c1-32(2,41-25-8-5-7-24(33)14-25)31(40)38-18-22-16-37(17-23(22)19-38)30(39)27-12-20(10-11-28(27)34)13-29-26-9-4-3-6-21(26)15-35-36-29/h3-12,14-15,22-23H,13,16-19H2,1-2H3. The fourth-order valence-electron chi connectivity index (χ4n) is 6.00. The quantitative estimate of drug-likeness (QED) is 0.282. The Balaban J connectivity index is 1.11. The Morgan fingerprint density at radius 2 is 1.66 bits per heavy atom. The molecule has 0 bridgehead atoms. The van der Waals surface area contributed by atoms with Crippen LogP contribution >= 0.6 is 11.8 Å². The molecule has 0 N–H and O–H groups in total. The molecule has 210 valence electrons. The van der Waals surface area contributed by atoms with Gasteiger partial charge < -0.3 is 9.80 Å². The van der Waals surface area contributed by atoms with Crippen LogP contribution in [0.15, 0.2) is 77.8 Å². The van der Waals surface area contributed by atoms with Gasteiger partial charge in [0.1, 0.15) is 11.6 Å². The number of aromatic nitrogens is 2. The van der Waals surface area contributed by atoms with Crippen molar-refractivity contribution in [1.82, 2.24) is 20.0 Å². The van der Waals surface area contributed by atoms with E-state index >= 15 is 0 Å². The molecule has 0 spiro atoms.